The molecule has 0 spiro atoms. The molecule has 8 heteroatoms. The van der Waals surface area contributed by atoms with E-state index in [1.807, 2.05) is 13.8 Å². The van der Waals surface area contributed by atoms with Crippen molar-refractivity contribution in [1.82, 2.24) is 14.5 Å². The molecule has 1 aromatic rings. The fourth-order valence-electron chi connectivity index (χ4n) is 1.84. The summed E-state index contributed by atoms with van der Waals surface area (Å²) >= 11 is 0. The molecule has 0 saturated carbocycles. The maximum Gasteiger partial charge on any atom is 0.321 e. The van der Waals surface area contributed by atoms with Crippen molar-refractivity contribution in [3.05, 3.63) is 11.8 Å². The first-order valence-electron chi connectivity index (χ1n) is 5.89. The number of sulfonamides is 1. The van der Waals surface area contributed by atoms with Crippen LogP contribution in [0.2, 0.25) is 0 Å². The van der Waals surface area contributed by atoms with Crippen LogP contribution >= 0.6 is 0 Å². The number of nitrogens with zero attached hydrogens (tertiary/aromatic N) is 2. The van der Waals surface area contributed by atoms with Gasteiger partial charge in [0.2, 0.25) is 0 Å². The van der Waals surface area contributed by atoms with Gasteiger partial charge in [0.1, 0.15) is 6.04 Å². The van der Waals surface area contributed by atoms with Crippen LogP contribution in [-0.2, 0) is 21.9 Å². The largest absolute Gasteiger partial charge is 0.480 e. The van der Waals surface area contributed by atoms with Crippen molar-refractivity contribution in [2.75, 3.05) is 0 Å². The molecule has 1 heterocycles. The van der Waals surface area contributed by atoms with Gasteiger partial charge in [-0.3, -0.25) is 9.48 Å². The Morgan fingerprint density at radius 1 is 1.53 bits per heavy atom. The summed E-state index contributed by atoms with van der Waals surface area (Å²) in [7, 11) is -2.40. The van der Waals surface area contributed by atoms with Crippen molar-refractivity contribution in [2.24, 2.45) is 13.0 Å². The third kappa shape index (κ3) is 3.77. The van der Waals surface area contributed by atoms with E-state index in [-0.39, 0.29) is 17.4 Å². The Balaban J connectivity index is 3.05. The molecule has 0 aliphatic rings. The molecule has 0 bridgehead atoms. The van der Waals surface area contributed by atoms with E-state index in [9.17, 15) is 13.2 Å². The van der Waals surface area contributed by atoms with Gasteiger partial charge in [0.15, 0.2) is 5.03 Å². The Morgan fingerprint density at radius 3 is 2.47 bits per heavy atom. The number of aryl methyl sites for hydroxylation is 2. The molecule has 0 unspecified atom stereocenters. The molecule has 1 rings (SSSR count). The highest BCUT2D eigenvalue weighted by molar-refractivity contribution is 7.89. The van der Waals surface area contributed by atoms with Crippen molar-refractivity contribution in [1.29, 1.82) is 0 Å². The lowest BCUT2D eigenvalue weighted by Crippen LogP contribution is -2.42. The van der Waals surface area contributed by atoms with Crippen LogP contribution < -0.4 is 4.72 Å². The van der Waals surface area contributed by atoms with Crippen molar-refractivity contribution in [2.45, 2.75) is 38.3 Å². The number of rotatable bonds is 6. The number of aromatic nitrogens is 2. The highest BCUT2D eigenvalue weighted by atomic mass is 32.2. The molecule has 0 saturated heterocycles. The number of hydrogen-bond acceptors (Lipinski definition) is 4. The Kier molecular flexibility index (Phi) is 4.70. The smallest absolute Gasteiger partial charge is 0.321 e. The highest BCUT2D eigenvalue weighted by Gasteiger charge is 2.29. The Bertz CT molecular complexity index is 543. The van der Waals surface area contributed by atoms with Crippen LogP contribution in [0.5, 0.6) is 0 Å². The van der Waals surface area contributed by atoms with Gasteiger partial charge >= 0.3 is 5.97 Å². The van der Waals surface area contributed by atoms with Gasteiger partial charge in [-0.2, -0.15) is 9.82 Å². The standard InChI is InChI=1S/C11H19N3O4S/c1-7(2)5-9(11(15)16)13-19(17,18)10-8(3)6-12-14(10)4/h6-7,9,13H,5H2,1-4H3,(H,15,16)/t9-/m0/s1. The molecule has 1 atom stereocenters. The lowest BCUT2D eigenvalue weighted by Gasteiger charge is -2.17. The SMILES string of the molecule is Cc1cnn(C)c1S(=O)(=O)N[C@@H](CC(C)C)C(=O)O. The predicted molar refractivity (Wildman–Crippen MR) is 69.1 cm³/mol. The summed E-state index contributed by atoms with van der Waals surface area (Å²) in [6.07, 6.45) is 1.65. The fourth-order valence-corrected chi connectivity index (χ4v) is 3.39. The number of carboxylic acid groups (broad SMARTS) is 1. The maximum absolute atomic E-state index is 12.2. The van der Waals surface area contributed by atoms with Gasteiger partial charge in [-0.15, -0.1) is 0 Å². The predicted octanol–water partition coefficient (Wildman–Crippen LogP) is 0.506. The highest BCUT2D eigenvalue weighted by Crippen LogP contribution is 2.15. The first kappa shape index (κ1) is 15.6. The maximum atomic E-state index is 12.2. The first-order valence-corrected chi connectivity index (χ1v) is 7.37. The molecule has 0 radical (unpaired) electrons. The zero-order valence-electron chi connectivity index (χ0n) is 11.4. The van der Waals surface area contributed by atoms with Gasteiger partial charge in [-0.05, 0) is 19.3 Å². The van der Waals surface area contributed by atoms with E-state index in [4.69, 9.17) is 5.11 Å². The number of hydrogen-bond donors (Lipinski definition) is 2. The van der Waals surface area contributed by atoms with E-state index in [1.54, 1.807) is 6.92 Å². The summed E-state index contributed by atoms with van der Waals surface area (Å²) in [5, 5.41) is 12.9. The van der Waals surface area contributed by atoms with Gasteiger partial charge in [-0.1, -0.05) is 13.8 Å². The molecule has 2 N–H and O–H groups in total. The van der Waals surface area contributed by atoms with E-state index >= 15 is 0 Å². The van der Waals surface area contributed by atoms with E-state index in [0.29, 0.717) is 5.56 Å². The Morgan fingerprint density at radius 2 is 2.11 bits per heavy atom. The van der Waals surface area contributed by atoms with Crippen molar-refractivity contribution in [3.8, 4) is 0 Å². The molecule has 7 nitrogen and oxygen atoms in total. The molecule has 0 aliphatic carbocycles. The summed E-state index contributed by atoms with van der Waals surface area (Å²) in [5.41, 5.74) is 0.476. The first-order chi connectivity index (χ1) is 8.65. The van der Waals surface area contributed by atoms with Crippen LogP contribution in [0, 0.1) is 12.8 Å². The van der Waals surface area contributed by atoms with E-state index in [1.165, 1.54) is 17.9 Å². The van der Waals surface area contributed by atoms with Crippen LogP contribution in [0.1, 0.15) is 25.8 Å². The van der Waals surface area contributed by atoms with Crippen molar-refractivity contribution in [3.63, 3.8) is 0 Å². The van der Waals surface area contributed by atoms with Crippen LogP contribution in [0.3, 0.4) is 0 Å². The minimum absolute atomic E-state index is 0.0116. The van der Waals surface area contributed by atoms with Crippen molar-refractivity contribution < 1.29 is 18.3 Å². The molecule has 0 aromatic carbocycles. The quantitative estimate of drug-likeness (QED) is 0.794. The molecule has 108 valence electrons. The number of nitrogens with one attached hydrogen (secondary N) is 1. The lowest BCUT2D eigenvalue weighted by atomic mass is 10.1. The molecule has 19 heavy (non-hydrogen) atoms. The van der Waals surface area contributed by atoms with Gasteiger partial charge in [0.25, 0.3) is 10.0 Å². The summed E-state index contributed by atoms with van der Waals surface area (Å²) in [6.45, 7) is 5.28. The van der Waals surface area contributed by atoms with Crippen molar-refractivity contribution >= 4 is 16.0 Å². The van der Waals surface area contributed by atoms with Crippen LogP contribution in [0.4, 0.5) is 0 Å². The van der Waals surface area contributed by atoms with Gasteiger partial charge in [0.05, 0.1) is 6.20 Å². The van der Waals surface area contributed by atoms with Crippen LogP contribution in [0.25, 0.3) is 0 Å². The number of aliphatic carboxylic acids is 1. The average molecular weight is 289 g/mol. The second-order valence-electron chi connectivity index (χ2n) is 4.90. The summed E-state index contributed by atoms with van der Waals surface area (Å²) in [4.78, 5) is 11.1. The third-order valence-corrected chi connectivity index (χ3v) is 4.30. The zero-order chi connectivity index (χ0) is 14.8. The molecule has 0 aliphatic heterocycles. The Hall–Kier alpha value is -1.41. The summed E-state index contributed by atoms with van der Waals surface area (Å²) in [6, 6.07) is -1.14. The van der Waals surface area contributed by atoms with Gasteiger partial charge in [0, 0.05) is 12.6 Å². The topological polar surface area (TPSA) is 101 Å². The number of carbonyl (C=O) groups is 1. The molecular weight excluding hydrogens is 270 g/mol. The van der Waals surface area contributed by atoms with Crippen LogP contribution in [-0.4, -0.2) is 35.3 Å². The lowest BCUT2D eigenvalue weighted by molar-refractivity contribution is -0.139. The minimum atomic E-state index is -3.90. The molecule has 0 amide bonds. The van der Waals surface area contributed by atoms with E-state index < -0.39 is 22.0 Å². The van der Waals surface area contributed by atoms with Gasteiger partial charge in [-0.25, -0.2) is 8.42 Å². The molecular formula is C11H19N3O4S. The summed E-state index contributed by atoms with van der Waals surface area (Å²) in [5.74, 6) is -1.12. The average Bonchev–Trinajstić information content (AvgIpc) is 2.56. The van der Waals surface area contributed by atoms with E-state index in [0.717, 1.165) is 0 Å². The third-order valence-electron chi connectivity index (χ3n) is 2.61. The van der Waals surface area contributed by atoms with Crippen LogP contribution in [0.15, 0.2) is 11.2 Å². The van der Waals surface area contributed by atoms with Gasteiger partial charge < -0.3 is 5.11 Å². The Labute approximate surface area is 112 Å². The zero-order valence-corrected chi connectivity index (χ0v) is 12.2. The normalized spacial score (nSPS) is 13.7. The second kappa shape index (κ2) is 5.70. The fraction of sp³-hybridized carbons (Fsp3) is 0.636. The number of carboxylic acids is 1. The monoisotopic (exact) mass is 289 g/mol. The minimum Gasteiger partial charge on any atom is -0.480 e. The molecule has 0 fully saturated rings. The molecule has 1 aromatic heterocycles. The summed E-state index contributed by atoms with van der Waals surface area (Å²) < 4.78 is 27.8. The van der Waals surface area contributed by atoms with E-state index in [2.05, 4.69) is 9.82 Å². The second-order valence-corrected chi connectivity index (χ2v) is 6.53.